The van der Waals surface area contributed by atoms with Gasteiger partial charge in [-0.25, -0.2) is 0 Å². The van der Waals surface area contributed by atoms with Gasteiger partial charge in [0.05, 0.1) is 0 Å². The molecule has 0 amide bonds. The molecule has 6 heteroatoms. The molecule has 2 rings (SSSR count). The second kappa shape index (κ2) is 5.10. The molecule has 0 radical (unpaired) electrons. The van der Waals surface area contributed by atoms with Gasteiger partial charge < -0.3 is 9.47 Å². The number of hydrogen-bond acceptors (Lipinski definition) is 3. The maximum atomic E-state index is 12.8. The van der Waals surface area contributed by atoms with Gasteiger partial charge in [-0.15, -0.1) is 8.78 Å². The second-order valence-electron chi connectivity index (χ2n) is 4.01. The first-order chi connectivity index (χ1) is 8.46. The minimum atomic E-state index is -3.58. The number of halogens is 3. The number of hydrogen-bond donors (Lipinski definition) is 0. The number of carbonyl (C=O) groups is 1. The Balaban J connectivity index is 1.91. The molecule has 0 atom stereocenters. The molecule has 0 fully saturated rings. The lowest BCUT2D eigenvalue weighted by molar-refractivity contribution is -0.286. The number of alkyl halides is 2. The van der Waals surface area contributed by atoms with E-state index in [0.29, 0.717) is 19.3 Å². The highest BCUT2D eigenvalue weighted by Crippen LogP contribution is 2.41. The van der Waals surface area contributed by atoms with E-state index in [2.05, 4.69) is 9.47 Å². The summed E-state index contributed by atoms with van der Waals surface area (Å²) in [5.41, 5.74) is 0.858. The van der Waals surface area contributed by atoms with Crippen molar-refractivity contribution < 1.29 is 23.0 Å². The molecule has 0 spiro atoms. The third-order valence-corrected chi connectivity index (χ3v) is 2.74. The van der Waals surface area contributed by atoms with E-state index in [1.165, 1.54) is 12.1 Å². The monoisotopic (exact) mass is 276 g/mol. The summed E-state index contributed by atoms with van der Waals surface area (Å²) >= 11 is 5.21. The first-order valence-corrected chi connectivity index (χ1v) is 5.91. The standard InChI is InChI=1S/C12H11ClF2O3/c13-11(16)4-2-1-3-8-5-6-9-10(7-8)18-12(14,15)17-9/h5-7H,1-4H2. The van der Waals surface area contributed by atoms with Crippen LogP contribution in [-0.2, 0) is 11.2 Å². The number of rotatable bonds is 5. The van der Waals surface area contributed by atoms with Crippen LogP contribution in [0.5, 0.6) is 11.5 Å². The van der Waals surface area contributed by atoms with Crippen molar-refractivity contribution in [2.24, 2.45) is 0 Å². The number of carbonyl (C=O) groups excluding carboxylic acids is 1. The molecule has 3 nitrogen and oxygen atoms in total. The summed E-state index contributed by atoms with van der Waals surface area (Å²) in [6, 6.07) is 4.68. The number of benzene rings is 1. The summed E-state index contributed by atoms with van der Waals surface area (Å²) in [7, 11) is 0. The van der Waals surface area contributed by atoms with Gasteiger partial charge in [-0.2, -0.15) is 0 Å². The van der Waals surface area contributed by atoms with E-state index < -0.39 is 6.29 Å². The Morgan fingerprint density at radius 2 is 1.94 bits per heavy atom. The fraction of sp³-hybridized carbons (Fsp3) is 0.417. The van der Waals surface area contributed by atoms with Crippen molar-refractivity contribution in [2.75, 3.05) is 0 Å². The molecule has 0 bridgehead atoms. The number of unbranched alkanes of at least 4 members (excludes halogenated alkanes) is 1. The van der Waals surface area contributed by atoms with Crippen molar-refractivity contribution >= 4 is 16.8 Å². The molecule has 1 heterocycles. The predicted molar refractivity (Wildman–Crippen MR) is 61.1 cm³/mol. The normalized spacial score (nSPS) is 15.7. The number of aryl methyl sites for hydroxylation is 1. The Morgan fingerprint density at radius 3 is 2.67 bits per heavy atom. The molecule has 0 aromatic heterocycles. The summed E-state index contributed by atoms with van der Waals surface area (Å²) in [5, 5.41) is -0.361. The summed E-state index contributed by atoms with van der Waals surface area (Å²) in [4.78, 5) is 10.5. The quantitative estimate of drug-likeness (QED) is 0.610. The molecule has 1 aliphatic rings. The summed E-state index contributed by atoms with van der Waals surface area (Å²) < 4.78 is 34.2. The molecule has 0 saturated heterocycles. The summed E-state index contributed by atoms with van der Waals surface area (Å²) in [5.74, 6) is 0.0885. The van der Waals surface area contributed by atoms with E-state index in [1.807, 2.05) is 0 Å². The van der Waals surface area contributed by atoms with Gasteiger partial charge in [-0.05, 0) is 48.6 Å². The van der Waals surface area contributed by atoms with E-state index in [1.54, 1.807) is 6.07 Å². The fourth-order valence-electron chi connectivity index (χ4n) is 1.74. The topological polar surface area (TPSA) is 35.5 Å². The van der Waals surface area contributed by atoms with Crippen molar-refractivity contribution in [2.45, 2.75) is 32.0 Å². The summed E-state index contributed by atoms with van der Waals surface area (Å²) in [6.45, 7) is 0. The molecule has 1 aromatic carbocycles. The van der Waals surface area contributed by atoms with Crippen molar-refractivity contribution in [3.8, 4) is 11.5 Å². The first-order valence-electron chi connectivity index (χ1n) is 5.53. The van der Waals surface area contributed by atoms with Gasteiger partial charge in [0.2, 0.25) is 5.24 Å². The van der Waals surface area contributed by atoms with Gasteiger partial charge in [0.15, 0.2) is 11.5 Å². The van der Waals surface area contributed by atoms with Crippen molar-refractivity contribution in [1.29, 1.82) is 0 Å². The highest BCUT2D eigenvalue weighted by molar-refractivity contribution is 6.63. The number of ether oxygens (including phenoxy) is 2. The fourth-order valence-corrected chi connectivity index (χ4v) is 1.88. The Bertz CT molecular complexity index is 463. The van der Waals surface area contributed by atoms with Gasteiger partial charge in [0, 0.05) is 6.42 Å². The third kappa shape index (κ3) is 3.32. The van der Waals surface area contributed by atoms with Crippen molar-refractivity contribution in [3.63, 3.8) is 0 Å². The largest absolute Gasteiger partial charge is 0.586 e. The zero-order valence-electron chi connectivity index (χ0n) is 9.42. The van der Waals surface area contributed by atoms with E-state index >= 15 is 0 Å². The lowest BCUT2D eigenvalue weighted by Crippen LogP contribution is -2.25. The second-order valence-corrected chi connectivity index (χ2v) is 4.43. The van der Waals surface area contributed by atoms with Crippen LogP contribution < -0.4 is 9.47 Å². The van der Waals surface area contributed by atoms with E-state index in [9.17, 15) is 13.6 Å². The van der Waals surface area contributed by atoms with Gasteiger partial charge in [-0.3, -0.25) is 4.79 Å². The van der Waals surface area contributed by atoms with Crippen LogP contribution in [0.1, 0.15) is 24.8 Å². The van der Waals surface area contributed by atoms with Crippen LogP contribution in [0.25, 0.3) is 0 Å². The van der Waals surface area contributed by atoms with Crippen LogP contribution in [0, 0.1) is 0 Å². The zero-order chi connectivity index (χ0) is 13.2. The SMILES string of the molecule is O=C(Cl)CCCCc1ccc2c(c1)OC(F)(F)O2. The molecule has 1 aromatic rings. The van der Waals surface area contributed by atoms with Gasteiger partial charge in [0.25, 0.3) is 0 Å². The molecule has 1 aliphatic heterocycles. The van der Waals surface area contributed by atoms with Crippen molar-refractivity contribution in [3.05, 3.63) is 23.8 Å². The third-order valence-electron chi connectivity index (χ3n) is 2.55. The Kier molecular flexibility index (Phi) is 3.71. The van der Waals surface area contributed by atoms with Crippen molar-refractivity contribution in [1.82, 2.24) is 0 Å². The predicted octanol–water partition coefficient (Wildman–Crippen LogP) is 3.49. The molecule has 0 N–H and O–H groups in total. The van der Waals surface area contributed by atoms with Crippen LogP contribution in [0.15, 0.2) is 18.2 Å². The minimum Gasteiger partial charge on any atom is -0.395 e. The zero-order valence-corrected chi connectivity index (χ0v) is 10.2. The number of fused-ring (bicyclic) bond motifs is 1. The Hall–Kier alpha value is -1.36. The Morgan fingerprint density at radius 1 is 1.22 bits per heavy atom. The average Bonchev–Trinajstić information content (AvgIpc) is 2.57. The lowest BCUT2D eigenvalue weighted by atomic mass is 10.1. The van der Waals surface area contributed by atoms with Gasteiger partial charge in [0.1, 0.15) is 0 Å². The molecule has 98 valence electrons. The highest BCUT2D eigenvalue weighted by Gasteiger charge is 2.43. The van der Waals surface area contributed by atoms with Crippen LogP contribution in [0.4, 0.5) is 8.78 Å². The molecule has 0 saturated carbocycles. The van der Waals surface area contributed by atoms with E-state index in [4.69, 9.17) is 11.6 Å². The first kappa shape index (κ1) is 13.1. The molecule has 18 heavy (non-hydrogen) atoms. The van der Waals surface area contributed by atoms with Crippen LogP contribution in [0.3, 0.4) is 0 Å². The summed E-state index contributed by atoms with van der Waals surface area (Å²) in [6.07, 6.45) is -1.15. The highest BCUT2D eigenvalue weighted by atomic mass is 35.5. The van der Waals surface area contributed by atoms with E-state index in [0.717, 1.165) is 12.0 Å². The van der Waals surface area contributed by atoms with Crippen LogP contribution >= 0.6 is 11.6 Å². The molecular weight excluding hydrogens is 266 g/mol. The molecular formula is C12H11ClF2O3. The molecule has 0 aliphatic carbocycles. The van der Waals surface area contributed by atoms with E-state index in [-0.39, 0.29) is 16.7 Å². The lowest BCUT2D eigenvalue weighted by Gasteiger charge is -2.04. The van der Waals surface area contributed by atoms with Gasteiger partial charge in [-0.1, -0.05) is 6.07 Å². The minimum absolute atomic E-state index is 0.0414. The smallest absolute Gasteiger partial charge is 0.395 e. The van der Waals surface area contributed by atoms with Crippen LogP contribution in [0.2, 0.25) is 0 Å². The van der Waals surface area contributed by atoms with Gasteiger partial charge >= 0.3 is 6.29 Å². The maximum Gasteiger partial charge on any atom is 0.586 e. The molecule has 0 unspecified atom stereocenters. The van der Waals surface area contributed by atoms with Crippen LogP contribution in [-0.4, -0.2) is 11.5 Å². The maximum absolute atomic E-state index is 12.8. The average molecular weight is 277 g/mol. The Labute approximate surface area is 108 Å².